The van der Waals surface area contributed by atoms with E-state index in [1.54, 1.807) is 0 Å². The monoisotopic (exact) mass is 291 g/mol. The molecule has 2 rings (SSSR count). The third-order valence-electron chi connectivity index (χ3n) is 4.15. The van der Waals surface area contributed by atoms with Gasteiger partial charge in [-0.1, -0.05) is 12.2 Å². The van der Waals surface area contributed by atoms with Crippen molar-refractivity contribution >= 4 is 11.9 Å². The van der Waals surface area contributed by atoms with Crippen LogP contribution in [0.3, 0.4) is 0 Å². The van der Waals surface area contributed by atoms with Crippen LogP contribution in [0, 0.1) is 11.3 Å². The fourth-order valence-corrected chi connectivity index (χ4v) is 2.80. The zero-order chi connectivity index (χ0) is 15.0. The van der Waals surface area contributed by atoms with Crippen molar-refractivity contribution in [3.63, 3.8) is 0 Å². The molecule has 1 heterocycles. The highest BCUT2D eigenvalue weighted by Crippen LogP contribution is 2.46. The molecule has 0 radical (unpaired) electrons. The Morgan fingerprint density at radius 3 is 2.45 bits per heavy atom. The molecule has 1 N–H and O–H groups in total. The van der Waals surface area contributed by atoms with Crippen LogP contribution < -0.4 is 0 Å². The third-order valence-corrected chi connectivity index (χ3v) is 4.15. The van der Waals surface area contributed by atoms with E-state index in [1.807, 2.05) is 12.2 Å². The molecule has 0 aromatic rings. The summed E-state index contributed by atoms with van der Waals surface area (Å²) in [4.78, 5) is 24.3. The molecular weight excluding hydrogens is 275 g/mol. The average Bonchev–Trinajstić information content (AvgIpc) is 2.85. The number of carboxylic acids is 1. The molecule has 20 heavy (non-hydrogen) atoms. The van der Waals surface area contributed by atoms with Gasteiger partial charge in [-0.15, -0.1) is 0 Å². The van der Waals surface area contributed by atoms with E-state index in [4.69, 9.17) is 5.11 Å². The Kier molecular flexibility index (Phi) is 3.80. The molecule has 0 saturated carbocycles. The van der Waals surface area contributed by atoms with Gasteiger partial charge < -0.3 is 10.0 Å². The Hall–Kier alpha value is -1.53. The maximum atomic E-state index is 13.0. The predicted molar refractivity (Wildman–Crippen MR) is 63.8 cm³/mol. The van der Waals surface area contributed by atoms with Crippen molar-refractivity contribution in [2.45, 2.75) is 31.9 Å². The van der Waals surface area contributed by atoms with E-state index in [9.17, 15) is 22.8 Å². The van der Waals surface area contributed by atoms with Gasteiger partial charge in [-0.25, -0.2) is 0 Å². The summed E-state index contributed by atoms with van der Waals surface area (Å²) >= 11 is 0. The van der Waals surface area contributed by atoms with Gasteiger partial charge in [0.2, 0.25) is 5.91 Å². The van der Waals surface area contributed by atoms with Crippen molar-refractivity contribution in [2.24, 2.45) is 11.3 Å². The van der Waals surface area contributed by atoms with Crippen LogP contribution in [-0.2, 0) is 9.59 Å². The lowest BCUT2D eigenvalue weighted by atomic mass is 9.86. The van der Waals surface area contributed by atoms with Gasteiger partial charge in [0.05, 0.1) is 0 Å². The first-order chi connectivity index (χ1) is 9.28. The number of carboxylic acid groups (broad SMARTS) is 1. The Morgan fingerprint density at radius 2 is 2.00 bits per heavy atom. The number of carbonyl (C=O) groups excluding carboxylic acids is 1. The van der Waals surface area contributed by atoms with Crippen LogP contribution in [0.4, 0.5) is 13.2 Å². The third kappa shape index (κ3) is 2.41. The predicted octanol–water partition coefficient (Wildman–Crippen LogP) is 2.21. The number of carbonyl (C=O) groups is 2. The largest absolute Gasteiger partial charge is 0.481 e. The molecule has 2 atom stereocenters. The van der Waals surface area contributed by atoms with Gasteiger partial charge >= 0.3 is 12.1 Å². The van der Waals surface area contributed by atoms with Crippen molar-refractivity contribution < 1.29 is 27.9 Å². The van der Waals surface area contributed by atoms with E-state index in [0.29, 0.717) is 12.8 Å². The van der Waals surface area contributed by atoms with E-state index in [-0.39, 0.29) is 18.4 Å². The number of hydrogen-bond donors (Lipinski definition) is 1. The van der Waals surface area contributed by atoms with E-state index in [1.165, 1.54) is 0 Å². The Balaban J connectivity index is 2.12. The van der Waals surface area contributed by atoms with Gasteiger partial charge in [-0.3, -0.25) is 9.59 Å². The highest BCUT2D eigenvalue weighted by atomic mass is 19.4. The normalized spacial score (nSPS) is 30.6. The minimum Gasteiger partial charge on any atom is -0.481 e. The van der Waals surface area contributed by atoms with Crippen molar-refractivity contribution in [1.29, 1.82) is 0 Å². The molecule has 2 unspecified atom stereocenters. The van der Waals surface area contributed by atoms with E-state index < -0.39 is 30.5 Å². The quantitative estimate of drug-likeness (QED) is 0.794. The number of allylic oxidation sites excluding steroid dienone is 2. The lowest BCUT2D eigenvalue weighted by Crippen LogP contribution is -2.48. The van der Waals surface area contributed by atoms with Crippen LogP contribution in [0.15, 0.2) is 12.2 Å². The minimum absolute atomic E-state index is 0.148. The number of rotatable bonds is 2. The van der Waals surface area contributed by atoms with Crippen LogP contribution in [0.5, 0.6) is 0 Å². The summed E-state index contributed by atoms with van der Waals surface area (Å²) in [6, 6.07) is 0. The van der Waals surface area contributed by atoms with Crippen molar-refractivity contribution in [3.05, 3.63) is 12.2 Å². The number of likely N-dealkylation sites (tertiary alicyclic amines) is 1. The first-order valence-corrected chi connectivity index (χ1v) is 6.52. The molecule has 1 saturated heterocycles. The second-order valence-corrected chi connectivity index (χ2v) is 5.38. The summed E-state index contributed by atoms with van der Waals surface area (Å²) in [5.74, 6) is -2.58. The number of aliphatic carboxylic acids is 1. The molecule has 1 aliphatic heterocycles. The summed E-state index contributed by atoms with van der Waals surface area (Å²) in [5.41, 5.74) is -2.81. The maximum absolute atomic E-state index is 13.0. The lowest BCUT2D eigenvalue weighted by Gasteiger charge is -2.28. The molecule has 2 aliphatic rings. The number of nitrogens with zero attached hydrogens (tertiary/aromatic N) is 1. The number of alkyl halides is 3. The van der Waals surface area contributed by atoms with Gasteiger partial charge in [0.25, 0.3) is 0 Å². The second kappa shape index (κ2) is 5.10. The van der Waals surface area contributed by atoms with Crippen LogP contribution in [0.1, 0.15) is 25.7 Å². The Morgan fingerprint density at radius 1 is 1.30 bits per heavy atom. The molecule has 1 fully saturated rings. The smallest absolute Gasteiger partial charge is 0.406 e. The minimum atomic E-state index is -4.85. The topological polar surface area (TPSA) is 57.6 Å². The average molecular weight is 291 g/mol. The molecule has 7 heteroatoms. The standard InChI is InChI=1S/C13H16F3NO3/c14-13(15,16)12(11(19)20)6-7-17(8-12)10(18)9-4-2-1-3-5-9/h1-2,9H,3-8H2,(H,19,20). The first kappa shape index (κ1) is 14.9. The van der Waals surface area contributed by atoms with Crippen molar-refractivity contribution in [2.75, 3.05) is 13.1 Å². The highest BCUT2D eigenvalue weighted by Gasteiger charge is 2.64. The van der Waals surface area contributed by atoms with Crippen LogP contribution in [0.25, 0.3) is 0 Å². The highest BCUT2D eigenvalue weighted by molar-refractivity contribution is 5.83. The molecule has 112 valence electrons. The van der Waals surface area contributed by atoms with Gasteiger partial charge in [-0.2, -0.15) is 13.2 Å². The van der Waals surface area contributed by atoms with Gasteiger partial charge in [0.15, 0.2) is 5.41 Å². The molecule has 0 bridgehead atoms. The molecule has 0 spiro atoms. The van der Waals surface area contributed by atoms with Crippen LogP contribution in [0.2, 0.25) is 0 Å². The number of halogens is 3. The van der Waals surface area contributed by atoms with E-state index in [2.05, 4.69) is 0 Å². The van der Waals surface area contributed by atoms with Crippen molar-refractivity contribution in [1.82, 2.24) is 4.90 Å². The summed E-state index contributed by atoms with van der Waals surface area (Å²) in [6.07, 6.45) is 0.217. The molecule has 0 aromatic carbocycles. The van der Waals surface area contributed by atoms with Crippen LogP contribution in [-0.4, -0.2) is 41.1 Å². The summed E-state index contributed by atoms with van der Waals surface area (Å²) in [5, 5.41) is 8.94. The van der Waals surface area contributed by atoms with E-state index >= 15 is 0 Å². The Bertz CT molecular complexity index is 447. The first-order valence-electron chi connectivity index (χ1n) is 6.52. The summed E-state index contributed by atoms with van der Waals surface area (Å²) in [7, 11) is 0. The van der Waals surface area contributed by atoms with E-state index in [0.717, 1.165) is 11.3 Å². The van der Waals surface area contributed by atoms with Gasteiger partial charge in [0, 0.05) is 19.0 Å². The molecule has 1 aliphatic carbocycles. The number of hydrogen-bond acceptors (Lipinski definition) is 2. The zero-order valence-electron chi connectivity index (χ0n) is 10.8. The number of amides is 1. The SMILES string of the molecule is O=C(C1CC=CCC1)N1CCC(C(=O)O)(C(F)(F)F)C1. The zero-order valence-corrected chi connectivity index (χ0v) is 10.8. The molecule has 4 nitrogen and oxygen atoms in total. The summed E-state index contributed by atoms with van der Waals surface area (Å²) in [6.45, 7) is -0.921. The fraction of sp³-hybridized carbons (Fsp3) is 0.692. The molecule has 0 aromatic heterocycles. The lowest BCUT2D eigenvalue weighted by molar-refractivity contribution is -0.227. The van der Waals surface area contributed by atoms with Crippen molar-refractivity contribution in [3.8, 4) is 0 Å². The van der Waals surface area contributed by atoms with Crippen LogP contribution >= 0.6 is 0 Å². The maximum Gasteiger partial charge on any atom is 0.406 e. The molecular formula is C13H16F3NO3. The Labute approximate surface area is 114 Å². The van der Waals surface area contributed by atoms with Gasteiger partial charge in [-0.05, 0) is 25.7 Å². The van der Waals surface area contributed by atoms with Gasteiger partial charge in [0.1, 0.15) is 0 Å². The fourth-order valence-electron chi connectivity index (χ4n) is 2.80. The second-order valence-electron chi connectivity index (χ2n) is 5.38. The summed E-state index contributed by atoms with van der Waals surface area (Å²) < 4.78 is 39.0. The molecule has 1 amide bonds.